The van der Waals surface area contributed by atoms with Crippen LogP contribution in [0.1, 0.15) is 12.8 Å². The number of ether oxygens (including phenoxy) is 3. The van der Waals surface area contributed by atoms with E-state index >= 15 is 0 Å². The number of aliphatic hydroxyl groups is 1. The standard InChI is InChI=1S/C7H12O4/c8-5-1-6-7(2-5)11-4-9-3-10-6/h5-8H,1-4H2/t5-,6-,7+. The first kappa shape index (κ1) is 7.49. The molecule has 1 aliphatic heterocycles. The molecule has 0 bridgehead atoms. The first-order valence-electron chi connectivity index (χ1n) is 3.85. The van der Waals surface area contributed by atoms with Gasteiger partial charge in [0.2, 0.25) is 0 Å². The molecule has 4 heteroatoms. The molecule has 1 aliphatic carbocycles. The van der Waals surface area contributed by atoms with E-state index in [0.29, 0.717) is 12.8 Å². The maximum absolute atomic E-state index is 9.25. The van der Waals surface area contributed by atoms with Crippen molar-refractivity contribution in [1.29, 1.82) is 0 Å². The summed E-state index contributed by atoms with van der Waals surface area (Å²) in [5.41, 5.74) is 0. The molecule has 1 saturated heterocycles. The van der Waals surface area contributed by atoms with Gasteiger partial charge in [-0.1, -0.05) is 0 Å². The molecule has 0 aromatic carbocycles. The molecule has 2 rings (SSSR count). The van der Waals surface area contributed by atoms with Crippen LogP contribution >= 0.6 is 0 Å². The van der Waals surface area contributed by atoms with Crippen LogP contribution in [0.3, 0.4) is 0 Å². The van der Waals surface area contributed by atoms with Gasteiger partial charge in [0.25, 0.3) is 0 Å². The van der Waals surface area contributed by atoms with Crippen LogP contribution in [0.4, 0.5) is 0 Å². The van der Waals surface area contributed by atoms with Gasteiger partial charge in [-0.25, -0.2) is 0 Å². The van der Waals surface area contributed by atoms with E-state index in [1.165, 1.54) is 0 Å². The third kappa shape index (κ3) is 1.54. The number of hydrogen-bond donors (Lipinski definition) is 1. The van der Waals surface area contributed by atoms with Crippen LogP contribution in [0.5, 0.6) is 0 Å². The molecular weight excluding hydrogens is 148 g/mol. The molecule has 0 aromatic heterocycles. The molecule has 4 nitrogen and oxygen atoms in total. The summed E-state index contributed by atoms with van der Waals surface area (Å²) in [5.74, 6) is 0. The Balaban J connectivity index is 1.96. The van der Waals surface area contributed by atoms with Gasteiger partial charge in [-0.05, 0) is 0 Å². The summed E-state index contributed by atoms with van der Waals surface area (Å²) in [6, 6.07) is 0. The second kappa shape index (κ2) is 3.06. The molecule has 0 amide bonds. The lowest BCUT2D eigenvalue weighted by molar-refractivity contribution is -0.0960. The normalized spacial score (nSPS) is 45.0. The highest BCUT2D eigenvalue weighted by Crippen LogP contribution is 2.26. The summed E-state index contributed by atoms with van der Waals surface area (Å²) in [6.07, 6.45) is 1.16. The highest BCUT2D eigenvalue weighted by Gasteiger charge is 2.36. The lowest BCUT2D eigenvalue weighted by Gasteiger charge is -2.13. The van der Waals surface area contributed by atoms with Crippen LogP contribution in [0.2, 0.25) is 0 Å². The van der Waals surface area contributed by atoms with Gasteiger partial charge in [-0.15, -0.1) is 0 Å². The molecule has 11 heavy (non-hydrogen) atoms. The fourth-order valence-electron chi connectivity index (χ4n) is 1.59. The third-order valence-electron chi connectivity index (χ3n) is 2.15. The first-order valence-corrected chi connectivity index (χ1v) is 3.85. The maximum atomic E-state index is 9.25. The Hall–Kier alpha value is -0.160. The average molecular weight is 160 g/mol. The maximum Gasteiger partial charge on any atom is 0.150 e. The molecular formula is C7H12O4. The highest BCUT2D eigenvalue weighted by atomic mass is 16.8. The van der Waals surface area contributed by atoms with Crippen LogP contribution in [0.25, 0.3) is 0 Å². The van der Waals surface area contributed by atoms with Crippen LogP contribution in [-0.4, -0.2) is 37.0 Å². The molecule has 0 aromatic rings. The van der Waals surface area contributed by atoms with Crippen molar-refractivity contribution >= 4 is 0 Å². The van der Waals surface area contributed by atoms with Gasteiger partial charge in [0.15, 0.2) is 0 Å². The predicted molar refractivity (Wildman–Crippen MR) is 35.8 cm³/mol. The molecule has 0 unspecified atom stereocenters. The summed E-state index contributed by atoms with van der Waals surface area (Å²) in [4.78, 5) is 0. The van der Waals surface area contributed by atoms with Crippen LogP contribution in [0.15, 0.2) is 0 Å². The summed E-state index contributed by atoms with van der Waals surface area (Å²) < 4.78 is 15.5. The van der Waals surface area contributed by atoms with Gasteiger partial charge in [0.05, 0.1) is 18.3 Å². The van der Waals surface area contributed by atoms with Crippen LogP contribution in [-0.2, 0) is 14.2 Å². The Bertz CT molecular complexity index is 124. The zero-order valence-corrected chi connectivity index (χ0v) is 6.23. The Morgan fingerprint density at radius 1 is 1.00 bits per heavy atom. The molecule has 1 heterocycles. The van der Waals surface area contributed by atoms with Gasteiger partial charge in [0.1, 0.15) is 13.6 Å². The van der Waals surface area contributed by atoms with Gasteiger partial charge in [-0.3, -0.25) is 0 Å². The summed E-state index contributed by atoms with van der Waals surface area (Å²) in [6.45, 7) is 0.571. The molecule has 1 N–H and O–H groups in total. The largest absolute Gasteiger partial charge is 0.393 e. The van der Waals surface area contributed by atoms with Crippen LogP contribution in [0, 0.1) is 0 Å². The Morgan fingerprint density at radius 2 is 1.55 bits per heavy atom. The van der Waals surface area contributed by atoms with Crippen molar-refractivity contribution in [2.24, 2.45) is 0 Å². The number of fused-ring (bicyclic) bond motifs is 1. The van der Waals surface area contributed by atoms with E-state index in [4.69, 9.17) is 14.2 Å². The van der Waals surface area contributed by atoms with E-state index in [1.807, 2.05) is 0 Å². The van der Waals surface area contributed by atoms with Crippen molar-refractivity contribution in [2.45, 2.75) is 31.2 Å². The molecule has 3 atom stereocenters. The Morgan fingerprint density at radius 3 is 2.09 bits per heavy atom. The van der Waals surface area contributed by atoms with E-state index in [-0.39, 0.29) is 31.9 Å². The SMILES string of the molecule is O[C@H]1C[C@@H]2OCOCO[C@@H]2C1. The second-order valence-corrected chi connectivity index (χ2v) is 2.98. The van der Waals surface area contributed by atoms with Crippen molar-refractivity contribution in [1.82, 2.24) is 0 Å². The van der Waals surface area contributed by atoms with Crippen LogP contribution < -0.4 is 0 Å². The number of aliphatic hydroxyl groups excluding tert-OH is 1. The first-order chi connectivity index (χ1) is 5.36. The average Bonchev–Trinajstić information content (AvgIpc) is 2.17. The monoisotopic (exact) mass is 160 g/mol. The fourth-order valence-corrected chi connectivity index (χ4v) is 1.59. The highest BCUT2D eigenvalue weighted by molar-refractivity contribution is 4.85. The minimum Gasteiger partial charge on any atom is -0.393 e. The fraction of sp³-hybridized carbons (Fsp3) is 1.00. The zero-order valence-electron chi connectivity index (χ0n) is 6.23. The zero-order chi connectivity index (χ0) is 7.68. The van der Waals surface area contributed by atoms with Crippen molar-refractivity contribution in [3.8, 4) is 0 Å². The van der Waals surface area contributed by atoms with Crippen molar-refractivity contribution in [2.75, 3.05) is 13.6 Å². The van der Waals surface area contributed by atoms with E-state index < -0.39 is 0 Å². The third-order valence-corrected chi connectivity index (χ3v) is 2.15. The number of hydrogen-bond acceptors (Lipinski definition) is 4. The quantitative estimate of drug-likeness (QED) is 0.535. The van der Waals surface area contributed by atoms with Gasteiger partial charge in [-0.2, -0.15) is 0 Å². The molecule has 1 saturated carbocycles. The van der Waals surface area contributed by atoms with Crippen molar-refractivity contribution in [3.63, 3.8) is 0 Å². The van der Waals surface area contributed by atoms with E-state index in [1.54, 1.807) is 0 Å². The van der Waals surface area contributed by atoms with E-state index in [0.717, 1.165) is 0 Å². The van der Waals surface area contributed by atoms with Gasteiger partial charge < -0.3 is 19.3 Å². The molecule has 0 spiro atoms. The van der Waals surface area contributed by atoms with Crippen molar-refractivity contribution in [3.05, 3.63) is 0 Å². The summed E-state index contributed by atoms with van der Waals surface area (Å²) in [7, 11) is 0. The minimum absolute atomic E-state index is 0.0347. The van der Waals surface area contributed by atoms with E-state index in [2.05, 4.69) is 0 Å². The van der Waals surface area contributed by atoms with Crippen molar-refractivity contribution < 1.29 is 19.3 Å². The minimum atomic E-state index is -0.261. The number of rotatable bonds is 0. The lowest BCUT2D eigenvalue weighted by Crippen LogP contribution is -2.23. The Kier molecular flexibility index (Phi) is 2.09. The molecule has 2 fully saturated rings. The second-order valence-electron chi connectivity index (χ2n) is 2.98. The Labute approximate surface area is 65.1 Å². The van der Waals surface area contributed by atoms with Gasteiger partial charge in [0, 0.05) is 12.8 Å². The summed E-state index contributed by atoms with van der Waals surface area (Å²) in [5, 5.41) is 9.25. The molecule has 0 radical (unpaired) electrons. The lowest BCUT2D eigenvalue weighted by atomic mass is 10.3. The van der Waals surface area contributed by atoms with Gasteiger partial charge >= 0.3 is 0 Å². The predicted octanol–water partition coefficient (Wildman–Crippen LogP) is -0.143. The smallest absolute Gasteiger partial charge is 0.150 e. The summed E-state index contributed by atoms with van der Waals surface area (Å²) >= 11 is 0. The van der Waals surface area contributed by atoms with E-state index in [9.17, 15) is 5.11 Å². The topological polar surface area (TPSA) is 47.9 Å². The molecule has 2 aliphatic rings. The molecule has 64 valence electrons.